The Morgan fingerprint density at radius 2 is 0.925 bits per heavy atom. The van der Waals surface area contributed by atoms with Crippen LogP contribution in [0, 0.1) is 0 Å². The molecular weight excluding hydrogens is 551 g/mol. The molecule has 2 heterocycles. The molecule has 2 unspecified atom stereocenters. The Labute approximate surface area is 242 Å². The zero-order chi connectivity index (χ0) is 28.2. The Hall–Kier alpha value is -3.56. The fraction of sp³-hybridized carbons (Fsp3) is 0.267. The molecule has 206 valence electrons. The van der Waals surface area contributed by atoms with Crippen LogP contribution in [0.4, 0.5) is 11.4 Å². The van der Waals surface area contributed by atoms with E-state index in [4.69, 9.17) is 23.2 Å². The maximum Gasteiger partial charge on any atom is 0.251 e. The van der Waals surface area contributed by atoms with Gasteiger partial charge in [-0.3, -0.25) is 19.2 Å². The Morgan fingerprint density at radius 1 is 0.575 bits per heavy atom. The van der Waals surface area contributed by atoms with Crippen molar-refractivity contribution in [3.05, 3.63) is 94.0 Å². The number of benzene rings is 3. The highest BCUT2D eigenvalue weighted by atomic mass is 35.5. The van der Waals surface area contributed by atoms with Crippen molar-refractivity contribution < 1.29 is 19.2 Å². The second-order valence-electron chi connectivity index (χ2n) is 9.83. The number of halogens is 2. The van der Waals surface area contributed by atoms with Crippen molar-refractivity contribution in [2.75, 3.05) is 22.9 Å². The van der Waals surface area contributed by atoms with Crippen molar-refractivity contribution in [3.8, 4) is 0 Å². The molecule has 3 aromatic rings. The van der Waals surface area contributed by atoms with Crippen LogP contribution >= 0.6 is 23.2 Å². The van der Waals surface area contributed by atoms with Crippen molar-refractivity contribution in [3.63, 3.8) is 0 Å². The lowest BCUT2D eigenvalue weighted by atomic mass is 10.1. The van der Waals surface area contributed by atoms with Gasteiger partial charge in [0, 0.05) is 10.0 Å². The van der Waals surface area contributed by atoms with E-state index in [-0.39, 0.29) is 36.5 Å². The number of amides is 4. The number of nitrogens with zero attached hydrogens (tertiary/aromatic N) is 2. The van der Waals surface area contributed by atoms with Gasteiger partial charge in [0.2, 0.25) is 11.8 Å². The number of anilines is 2. The molecule has 8 nitrogen and oxygen atoms in total. The number of rotatable bonds is 10. The van der Waals surface area contributed by atoms with Gasteiger partial charge in [0.1, 0.15) is 0 Å². The van der Waals surface area contributed by atoms with Crippen molar-refractivity contribution in [1.29, 1.82) is 0 Å². The fourth-order valence-electron chi connectivity index (χ4n) is 4.96. The second-order valence-corrected chi connectivity index (χ2v) is 10.7. The van der Waals surface area contributed by atoms with E-state index in [9.17, 15) is 19.2 Å². The lowest BCUT2D eigenvalue weighted by Gasteiger charge is -2.19. The minimum absolute atomic E-state index is 0.0632. The highest BCUT2D eigenvalue weighted by molar-refractivity contribution is 6.30. The lowest BCUT2D eigenvalue weighted by molar-refractivity contribution is -0.123. The summed E-state index contributed by atoms with van der Waals surface area (Å²) in [5.74, 6) is -1.26. The van der Waals surface area contributed by atoms with Crippen molar-refractivity contribution in [1.82, 2.24) is 10.6 Å². The average Bonchev–Trinajstić information content (AvgIpc) is 3.39. The van der Waals surface area contributed by atoms with Crippen LogP contribution < -0.4 is 20.4 Å². The van der Waals surface area contributed by atoms with Gasteiger partial charge in [-0.25, -0.2) is 9.80 Å². The first-order valence-electron chi connectivity index (χ1n) is 13.1. The first kappa shape index (κ1) is 28.0. The Bertz CT molecular complexity index is 1300. The Morgan fingerprint density at radius 3 is 1.27 bits per heavy atom. The third-order valence-electron chi connectivity index (χ3n) is 7.09. The molecule has 40 heavy (non-hydrogen) atoms. The van der Waals surface area contributed by atoms with Gasteiger partial charge in [-0.15, -0.1) is 0 Å². The van der Waals surface area contributed by atoms with Gasteiger partial charge in [0.25, 0.3) is 11.8 Å². The molecule has 2 saturated heterocycles. The van der Waals surface area contributed by atoms with Crippen LogP contribution in [0.15, 0.2) is 72.8 Å². The van der Waals surface area contributed by atoms with Gasteiger partial charge in [-0.2, -0.15) is 0 Å². The van der Waals surface area contributed by atoms with Gasteiger partial charge in [-0.1, -0.05) is 47.5 Å². The lowest BCUT2D eigenvalue weighted by Crippen LogP contribution is -2.40. The predicted molar refractivity (Wildman–Crippen MR) is 155 cm³/mol. The van der Waals surface area contributed by atoms with E-state index in [1.807, 2.05) is 48.5 Å². The van der Waals surface area contributed by atoms with Crippen LogP contribution in [-0.2, 0) is 32.0 Å². The van der Waals surface area contributed by atoms with Gasteiger partial charge < -0.3 is 10.6 Å². The van der Waals surface area contributed by atoms with Crippen LogP contribution in [0.2, 0.25) is 10.0 Å². The zero-order valence-electron chi connectivity index (χ0n) is 21.6. The standard InChI is InChI=1S/C30H28Cl2N4O4/c31-21-5-1-19(2-6-21)13-15-33-25-17-27(37)35(29(25)39)23-9-11-24(12-10-23)36-28(38)18-26(30(36)40)34-16-14-20-3-7-22(32)8-4-20/h1-12,25-26,33-34H,13-18H2. The number of carbonyl (C=O) groups is 4. The molecule has 2 N–H and O–H groups in total. The first-order valence-corrected chi connectivity index (χ1v) is 13.8. The molecule has 5 rings (SSSR count). The molecule has 0 spiro atoms. The molecule has 0 aliphatic carbocycles. The molecule has 0 aromatic heterocycles. The summed E-state index contributed by atoms with van der Waals surface area (Å²) >= 11 is 11.8. The summed E-state index contributed by atoms with van der Waals surface area (Å²) in [6.45, 7) is 1.07. The van der Waals surface area contributed by atoms with Crippen molar-refractivity contribution in [2.24, 2.45) is 0 Å². The Balaban J connectivity index is 1.16. The van der Waals surface area contributed by atoms with Gasteiger partial charge >= 0.3 is 0 Å². The summed E-state index contributed by atoms with van der Waals surface area (Å²) < 4.78 is 0. The topological polar surface area (TPSA) is 98.8 Å². The van der Waals surface area contributed by atoms with Crippen LogP contribution in [0.1, 0.15) is 24.0 Å². The van der Waals surface area contributed by atoms with Crippen LogP contribution in [-0.4, -0.2) is 48.8 Å². The molecule has 3 aromatic carbocycles. The molecule has 0 radical (unpaired) electrons. The first-order chi connectivity index (χ1) is 19.3. The normalized spacial score (nSPS) is 19.2. The predicted octanol–water partition coefficient (Wildman–Crippen LogP) is 3.92. The van der Waals surface area contributed by atoms with E-state index in [0.29, 0.717) is 47.4 Å². The van der Waals surface area contributed by atoms with E-state index in [1.54, 1.807) is 24.3 Å². The number of carbonyl (C=O) groups excluding carboxylic acids is 4. The average molecular weight is 579 g/mol. The van der Waals surface area contributed by atoms with Crippen molar-refractivity contribution in [2.45, 2.75) is 37.8 Å². The second kappa shape index (κ2) is 12.3. The fourth-order valence-corrected chi connectivity index (χ4v) is 5.21. The highest BCUT2D eigenvalue weighted by Gasteiger charge is 2.41. The van der Waals surface area contributed by atoms with Gasteiger partial charge in [0.15, 0.2) is 0 Å². The minimum atomic E-state index is -0.610. The molecule has 2 atom stereocenters. The van der Waals surface area contributed by atoms with E-state index in [0.717, 1.165) is 20.9 Å². The maximum absolute atomic E-state index is 13.0. The van der Waals surface area contributed by atoms with E-state index < -0.39 is 12.1 Å². The summed E-state index contributed by atoms with van der Waals surface area (Å²) in [6.07, 6.45) is 1.51. The van der Waals surface area contributed by atoms with Crippen LogP contribution in [0.5, 0.6) is 0 Å². The molecule has 0 bridgehead atoms. The summed E-state index contributed by atoms with van der Waals surface area (Å²) in [7, 11) is 0. The van der Waals surface area contributed by atoms with Crippen LogP contribution in [0.3, 0.4) is 0 Å². The largest absolute Gasteiger partial charge is 0.305 e. The SMILES string of the molecule is O=C1CC(NCCc2ccc(Cl)cc2)C(=O)N1c1ccc(N2C(=O)CC(NCCc3ccc(Cl)cc3)C2=O)cc1. The summed E-state index contributed by atoms with van der Waals surface area (Å²) in [6, 6.07) is 20.1. The minimum Gasteiger partial charge on any atom is -0.305 e. The number of imide groups is 2. The van der Waals surface area contributed by atoms with Gasteiger partial charge in [0.05, 0.1) is 36.3 Å². The molecule has 2 fully saturated rings. The monoisotopic (exact) mass is 578 g/mol. The summed E-state index contributed by atoms with van der Waals surface area (Å²) in [5, 5.41) is 7.67. The quantitative estimate of drug-likeness (QED) is 0.354. The number of hydrogen-bond donors (Lipinski definition) is 2. The third kappa shape index (κ3) is 6.26. The van der Waals surface area contributed by atoms with Gasteiger partial charge in [-0.05, 0) is 85.6 Å². The van der Waals surface area contributed by atoms with Crippen molar-refractivity contribution >= 4 is 58.2 Å². The molecular formula is C30H28Cl2N4O4. The molecule has 0 saturated carbocycles. The summed E-state index contributed by atoms with van der Waals surface area (Å²) in [5.41, 5.74) is 2.95. The molecule has 2 aliphatic rings. The van der Waals surface area contributed by atoms with Crippen LogP contribution in [0.25, 0.3) is 0 Å². The van der Waals surface area contributed by atoms with E-state index >= 15 is 0 Å². The number of hydrogen-bond acceptors (Lipinski definition) is 6. The smallest absolute Gasteiger partial charge is 0.251 e. The Kier molecular flexibility index (Phi) is 8.61. The highest BCUT2D eigenvalue weighted by Crippen LogP contribution is 2.28. The van der Waals surface area contributed by atoms with E-state index in [2.05, 4.69) is 10.6 Å². The molecule has 10 heteroatoms. The maximum atomic E-state index is 13.0. The number of nitrogens with one attached hydrogen (secondary N) is 2. The molecule has 2 aliphatic heterocycles. The third-order valence-corrected chi connectivity index (χ3v) is 7.60. The van der Waals surface area contributed by atoms with E-state index in [1.165, 1.54) is 0 Å². The zero-order valence-corrected chi connectivity index (χ0v) is 23.1. The summed E-state index contributed by atoms with van der Waals surface area (Å²) in [4.78, 5) is 53.7. The molecule has 4 amide bonds.